The normalized spacial score (nSPS) is 20.7. The van der Waals surface area contributed by atoms with Crippen LogP contribution in [0.25, 0.3) is 16.0 Å². The SMILES string of the molecule is CCOc1ccc2nc(N3C(=O)C(=O)/C(=C(/O)c4ccc5c(c4)C[C@@H](C)O5)[C@H]3c3cccs3)sc2c1. The van der Waals surface area contributed by atoms with Gasteiger partial charge in [0, 0.05) is 16.9 Å². The van der Waals surface area contributed by atoms with Crippen LogP contribution in [0.5, 0.6) is 11.5 Å². The minimum absolute atomic E-state index is 0.0522. The van der Waals surface area contributed by atoms with Crippen molar-refractivity contribution in [2.45, 2.75) is 32.4 Å². The van der Waals surface area contributed by atoms with Gasteiger partial charge in [-0.3, -0.25) is 14.5 Å². The van der Waals surface area contributed by atoms with Gasteiger partial charge in [0.2, 0.25) is 0 Å². The number of thiazole rings is 1. The van der Waals surface area contributed by atoms with Crippen LogP contribution in [0, 0.1) is 0 Å². The Morgan fingerprint density at radius 3 is 2.86 bits per heavy atom. The topological polar surface area (TPSA) is 89.0 Å². The number of ether oxygens (including phenoxy) is 2. The lowest BCUT2D eigenvalue weighted by molar-refractivity contribution is -0.132. The van der Waals surface area contributed by atoms with E-state index in [1.165, 1.54) is 27.6 Å². The number of aliphatic hydroxyl groups is 1. The molecule has 0 aliphatic carbocycles. The molecule has 1 N–H and O–H groups in total. The second-order valence-corrected chi connectivity index (χ2v) is 10.7. The lowest BCUT2D eigenvalue weighted by atomic mass is 9.98. The molecule has 9 heteroatoms. The largest absolute Gasteiger partial charge is 0.507 e. The maximum Gasteiger partial charge on any atom is 0.301 e. The second-order valence-electron chi connectivity index (χ2n) is 8.70. The molecule has 0 unspecified atom stereocenters. The van der Waals surface area contributed by atoms with E-state index in [9.17, 15) is 14.7 Å². The molecule has 4 aromatic rings. The van der Waals surface area contributed by atoms with Crippen LogP contribution in [0.2, 0.25) is 0 Å². The fourth-order valence-corrected chi connectivity index (χ4v) is 6.57. The Kier molecular flexibility index (Phi) is 5.54. The first-order valence-electron chi connectivity index (χ1n) is 11.6. The molecule has 0 spiro atoms. The third-order valence-corrected chi connectivity index (χ3v) is 8.23. The quantitative estimate of drug-likeness (QED) is 0.207. The summed E-state index contributed by atoms with van der Waals surface area (Å²) in [7, 11) is 0. The van der Waals surface area contributed by atoms with Gasteiger partial charge >= 0.3 is 5.91 Å². The van der Waals surface area contributed by atoms with Gasteiger partial charge in [0.1, 0.15) is 29.4 Å². The van der Waals surface area contributed by atoms with Crippen LogP contribution in [-0.2, 0) is 16.0 Å². The van der Waals surface area contributed by atoms with Crippen molar-refractivity contribution < 1.29 is 24.2 Å². The van der Waals surface area contributed by atoms with Crippen molar-refractivity contribution in [1.29, 1.82) is 0 Å². The number of nitrogens with zero attached hydrogens (tertiary/aromatic N) is 2. The highest BCUT2D eigenvalue weighted by Crippen LogP contribution is 2.46. The molecule has 0 bridgehead atoms. The summed E-state index contributed by atoms with van der Waals surface area (Å²) < 4.78 is 12.2. The summed E-state index contributed by atoms with van der Waals surface area (Å²) in [6, 6.07) is 13.8. The number of hydrogen-bond donors (Lipinski definition) is 1. The Balaban J connectivity index is 1.48. The van der Waals surface area contributed by atoms with E-state index in [1.54, 1.807) is 12.1 Å². The molecule has 7 nitrogen and oxygen atoms in total. The van der Waals surface area contributed by atoms with Crippen LogP contribution in [0.3, 0.4) is 0 Å². The first kappa shape index (κ1) is 22.8. The maximum atomic E-state index is 13.4. The highest BCUT2D eigenvalue weighted by Gasteiger charge is 2.48. The number of aromatic nitrogens is 1. The molecule has 0 saturated carbocycles. The minimum Gasteiger partial charge on any atom is -0.507 e. The molecular weight excluding hydrogens is 496 g/mol. The van der Waals surface area contributed by atoms with E-state index in [-0.39, 0.29) is 17.4 Å². The molecule has 2 aromatic carbocycles. The Morgan fingerprint density at radius 2 is 2.08 bits per heavy atom. The summed E-state index contributed by atoms with van der Waals surface area (Å²) >= 11 is 2.73. The molecule has 1 amide bonds. The Bertz CT molecular complexity index is 1540. The van der Waals surface area contributed by atoms with E-state index in [4.69, 9.17) is 9.47 Å². The zero-order chi connectivity index (χ0) is 25.0. The number of ketones is 1. The average Bonchev–Trinajstić information content (AvgIpc) is 3.64. The van der Waals surface area contributed by atoms with Crippen molar-refractivity contribution in [3.05, 3.63) is 75.5 Å². The van der Waals surface area contributed by atoms with E-state index >= 15 is 0 Å². The number of Topliss-reactive ketones (excluding diaryl/α,β-unsaturated/α-hetero) is 1. The van der Waals surface area contributed by atoms with Crippen molar-refractivity contribution in [3.8, 4) is 11.5 Å². The summed E-state index contributed by atoms with van der Waals surface area (Å²) in [4.78, 5) is 33.6. The highest BCUT2D eigenvalue weighted by molar-refractivity contribution is 7.22. The summed E-state index contributed by atoms with van der Waals surface area (Å²) in [5.41, 5.74) is 2.21. The van der Waals surface area contributed by atoms with Gasteiger partial charge in [0.25, 0.3) is 5.78 Å². The minimum atomic E-state index is -0.777. The highest BCUT2D eigenvalue weighted by atomic mass is 32.1. The number of aliphatic hydroxyl groups excluding tert-OH is 1. The Hall–Kier alpha value is -3.69. The van der Waals surface area contributed by atoms with Gasteiger partial charge in [-0.05, 0) is 67.3 Å². The van der Waals surface area contributed by atoms with E-state index in [0.29, 0.717) is 35.0 Å². The number of rotatable bonds is 5. The number of thiophene rings is 1. The van der Waals surface area contributed by atoms with Gasteiger partial charge in [-0.2, -0.15) is 0 Å². The molecule has 2 aromatic heterocycles. The zero-order valence-corrected chi connectivity index (χ0v) is 21.2. The zero-order valence-electron chi connectivity index (χ0n) is 19.6. The molecule has 6 rings (SSSR count). The average molecular weight is 519 g/mol. The van der Waals surface area contributed by atoms with Crippen LogP contribution < -0.4 is 14.4 Å². The van der Waals surface area contributed by atoms with Gasteiger partial charge in [0.05, 0.1) is 22.4 Å². The lowest BCUT2D eigenvalue weighted by Gasteiger charge is -2.21. The third-order valence-electron chi connectivity index (χ3n) is 6.29. The molecular formula is C27H22N2O5S2. The van der Waals surface area contributed by atoms with Crippen LogP contribution in [-0.4, -0.2) is 34.5 Å². The number of anilines is 1. The summed E-state index contributed by atoms with van der Waals surface area (Å²) in [6.45, 7) is 4.44. The number of carbonyl (C=O) groups is 2. The maximum absolute atomic E-state index is 13.4. The molecule has 1 fully saturated rings. The van der Waals surface area contributed by atoms with Crippen molar-refractivity contribution in [2.24, 2.45) is 0 Å². The third kappa shape index (κ3) is 3.66. The smallest absolute Gasteiger partial charge is 0.301 e. The molecule has 2 aliphatic rings. The van der Waals surface area contributed by atoms with Gasteiger partial charge in [-0.15, -0.1) is 11.3 Å². The molecule has 36 heavy (non-hydrogen) atoms. The van der Waals surface area contributed by atoms with Gasteiger partial charge < -0.3 is 14.6 Å². The predicted molar refractivity (Wildman–Crippen MR) is 140 cm³/mol. The molecule has 1 saturated heterocycles. The summed E-state index contributed by atoms with van der Waals surface area (Å²) in [5, 5.41) is 13.7. The number of hydrogen-bond acceptors (Lipinski definition) is 8. The molecule has 0 radical (unpaired) electrons. The number of fused-ring (bicyclic) bond motifs is 2. The van der Waals surface area contributed by atoms with E-state index in [0.717, 1.165) is 20.9 Å². The summed E-state index contributed by atoms with van der Waals surface area (Å²) in [6.07, 6.45) is 0.769. The predicted octanol–water partition coefficient (Wildman–Crippen LogP) is 5.71. The molecule has 182 valence electrons. The Morgan fingerprint density at radius 1 is 1.22 bits per heavy atom. The van der Waals surface area contributed by atoms with Crippen LogP contribution >= 0.6 is 22.7 Å². The van der Waals surface area contributed by atoms with Crippen LogP contribution in [0.15, 0.2) is 59.5 Å². The fraction of sp³-hybridized carbons (Fsp3) is 0.222. The fourth-order valence-electron chi connectivity index (χ4n) is 4.72. The first-order chi connectivity index (χ1) is 17.4. The van der Waals surface area contributed by atoms with Gasteiger partial charge in [-0.1, -0.05) is 17.4 Å². The van der Waals surface area contributed by atoms with Gasteiger partial charge in [-0.25, -0.2) is 4.98 Å². The number of carbonyl (C=O) groups excluding carboxylic acids is 2. The monoisotopic (exact) mass is 518 g/mol. The van der Waals surface area contributed by atoms with E-state index in [1.807, 2.05) is 55.6 Å². The van der Waals surface area contributed by atoms with Crippen molar-refractivity contribution in [2.75, 3.05) is 11.5 Å². The molecule has 2 atom stereocenters. The Labute approximate surface area is 215 Å². The second kappa shape index (κ2) is 8.76. The van der Waals surface area contributed by atoms with Crippen LogP contribution in [0.1, 0.15) is 35.9 Å². The molecule has 2 aliphatic heterocycles. The first-order valence-corrected chi connectivity index (χ1v) is 13.3. The van der Waals surface area contributed by atoms with Crippen molar-refractivity contribution in [1.82, 2.24) is 4.98 Å². The van der Waals surface area contributed by atoms with Crippen molar-refractivity contribution >= 4 is 55.5 Å². The van der Waals surface area contributed by atoms with Crippen LogP contribution in [0.4, 0.5) is 5.13 Å². The van der Waals surface area contributed by atoms with E-state index < -0.39 is 17.7 Å². The summed E-state index contributed by atoms with van der Waals surface area (Å²) in [5.74, 6) is -0.152. The van der Waals surface area contributed by atoms with Gasteiger partial charge in [0.15, 0.2) is 5.13 Å². The van der Waals surface area contributed by atoms with E-state index in [2.05, 4.69) is 4.98 Å². The number of amides is 1. The standard InChI is InChI=1S/C27H22N2O5S2/c1-3-33-17-7-8-18-21(13-17)36-27(28-18)29-23(20-5-4-10-35-20)22(25(31)26(29)32)24(30)15-6-9-19-16(12-15)11-14(2)34-19/h4-10,12-14,23,30H,3,11H2,1-2H3/b24-22+/t14-,23-/m1/s1. The van der Waals surface area contributed by atoms with Crippen molar-refractivity contribution in [3.63, 3.8) is 0 Å². The molecule has 4 heterocycles. The number of benzene rings is 2. The lowest BCUT2D eigenvalue weighted by Crippen LogP contribution is -2.28.